The number of amides is 2. The third-order valence-electron chi connectivity index (χ3n) is 3.94. The van der Waals surface area contributed by atoms with E-state index in [0.717, 1.165) is 5.56 Å². The lowest BCUT2D eigenvalue weighted by atomic mass is 10.0. The van der Waals surface area contributed by atoms with Crippen molar-refractivity contribution in [2.24, 2.45) is 0 Å². The predicted octanol–water partition coefficient (Wildman–Crippen LogP) is 3.02. The number of benzene rings is 1. The van der Waals surface area contributed by atoms with Crippen LogP contribution in [0.2, 0.25) is 0 Å². The van der Waals surface area contributed by atoms with E-state index >= 15 is 0 Å². The number of pyridine rings is 1. The Kier molecular flexibility index (Phi) is 6.41. The summed E-state index contributed by atoms with van der Waals surface area (Å²) in [6.07, 6.45) is 3.32. The highest BCUT2D eigenvalue weighted by Crippen LogP contribution is 2.23. The zero-order valence-corrected chi connectivity index (χ0v) is 14.5. The van der Waals surface area contributed by atoms with Crippen LogP contribution in [0.4, 0.5) is 13.6 Å². The van der Waals surface area contributed by atoms with Crippen LogP contribution in [0.5, 0.6) is 0 Å². The largest absolute Gasteiger partial charge is 0.336 e. The van der Waals surface area contributed by atoms with Gasteiger partial charge >= 0.3 is 6.03 Å². The molecule has 7 heteroatoms. The molecule has 0 aliphatic heterocycles. The summed E-state index contributed by atoms with van der Waals surface area (Å²) >= 11 is 0. The summed E-state index contributed by atoms with van der Waals surface area (Å²) in [5, 5.41) is 5.45. The van der Waals surface area contributed by atoms with Crippen molar-refractivity contribution in [1.29, 1.82) is 0 Å². The smallest absolute Gasteiger partial charge is 0.315 e. The molecule has 2 N–H and O–H groups in total. The Morgan fingerprint density at radius 3 is 2.44 bits per heavy atom. The molecule has 0 aliphatic carbocycles. The van der Waals surface area contributed by atoms with Crippen molar-refractivity contribution in [3.63, 3.8) is 0 Å². The molecular weight excluding hydrogens is 326 g/mol. The van der Waals surface area contributed by atoms with Gasteiger partial charge in [0.2, 0.25) is 0 Å². The van der Waals surface area contributed by atoms with Crippen LogP contribution in [-0.4, -0.2) is 36.6 Å². The number of rotatable bonds is 6. The number of carbonyl (C=O) groups is 1. The van der Waals surface area contributed by atoms with Crippen molar-refractivity contribution in [3.05, 3.63) is 65.5 Å². The molecule has 1 aromatic carbocycles. The number of hydrogen-bond donors (Lipinski definition) is 2. The summed E-state index contributed by atoms with van der Waals surface area (Å²) in [7, 11) is 3.41. The van der Waals surface area contributed by atoms with Gasteiger partial charge in [-0.15, -0.1) is 0 Å². The molecule has 134 valence electrons. The van der Waals surface area contributed by atoms with Gasteiger partial charge in [-0.3, -0.25) is 4.98 Å². The van der Waals surface area contributed by atoms with Crippen LogP contribution in [-0.2, 0) is 0 Å². The Labute approximate surface area is 146 Å². The summed E-state index contributed by atoms with van der Waals surface area (Å²) in [5.74, 6) is -1.27. The maximum Gasteiger partial charge on any atom is 0.315 e. The highest BCUT2D eigenvalue weighted by molar-refractivity contribution is 5.74. The maximum absolute atomic E-state index is 14.0. The zero-order valence-electron chi connectivity index (χ0n) is 14.5. The van der Waals surface area contributed by atoms with Crippen LogP contribution in [0, 0.1) is 11.6 Å². The number of aromatic nitrogens is 1. The second-order valence-electron chi connectivity index (χ2n) is 5.98. The topological polar surface area (TPSA) is 57.3 Å². The first-order chi connectivity index (χ1) is 11.9. The van der Waals surface area contributed by atoms with Gasteiger partial charge in [-0.25, -0.2) is 13.6 Å². The van der Waals surface area contributed by atoms with Crippen molar-refractivity contribution in [3.8, 4) is 0 Å². The minimum Gasteiger partial charge on any atom is -0.336 e. The third kappa shape index (κ3) is 4.96. The Balaban J connectivity index is 2.01. The summed E-state index contributed by atoms with van der Waals surface area (Å²) < 4.78 is 28.0. The van der Waals surface area contributed by atoms with Gasteiger partial charge in [0, 0.05) is 24.5 Å². The summed E-state index contributed by atoms with van der Waals surface area (Å²) in [5.41, 5.74) is 0.801. The van der Waals surface area contributed by atoms with Gasteiger partial charge in [-0.2, -0.15) is 0 Å². The molecule has 0 saturated carbocycles. The summed E-state index contributed by atoms with van der Waals surface area (Å²) in [6.45, 7) is 1.90. The van der Waals surface area contributed by atoms with Gasteiger partial charge in [0.25, 0.3) is 0 Å². The minimum atomic E-state index is -0.635. The molecule has 2 rings (SSSR count). The van der Waals surface area contributed by atoms with Gasteiger partial charge in [0.1, 0.15) is 11.6 Å². The lowest BCUT2D eigenvalue weighted by Crippen LogP contribution is -2.41. The third-order valence-corrected chi connectivity index (χ3v) is 3.94. The van der Waals surface area contributed by atoms with Crippen molar-refractivity contribution >= 4 is 6.03 Å². The van der Waals surface area contributed by atoms with E-state index in [2.05, 4.69) is 15.6 Å². The van der Waals surface area contributed by atoms with Crippen LogP contribution in [0.25, 0.3) is 0 Å². The first-order valence-corrected chi connectivity index (χ1v) is 7.94. The van der Waals surface area contributed by atoms with Crippen LogP contribution in [0.15, 0.2) is 42.7 Å². The van der Waals surface area contributed by atoms with E-state index in [9.17, 15) is 13.6 Å². The molecular formula is C18H22F2N4O. The molecule has 0 aliphatic rings. The second-order valence-corrected chi connectivity index (χ2v) is 5.98. The Hall–Kier alpha value is -2.54. The second kappa shape index (κ2) is 8.53. The number of hydrogen-bond acceptors (Lipinski definition) is 3. The van der Waals surface area contributed by atoms with Crippen LogP contribution in [0.1, 0.15) is 30.1 Å². The van der Waals surface area contributed by atoms with E-state index in [-0.39, 0.29) is 18.2 Å². The van der Waals surface area contributed by atoms with Crippen molar-refractivity contribution < 1.29 is 13.6 Å². The number of nitrogens with one attached hydrogen (secondary N) is 2. The molecule has 2 amide bonds. The molecule has 5 nitrogen and oxygen atoms in total. The molecule has 25 heavy (non-hydrogen) atoms. The first-order valence-electron chi connectivity index (χ1n) is 7.94. The fourth-order valence-corrected chi connectivity index (χ4v) is 2.52. The molecule has 0 spiro atoms. The van der Waals surface area contributed by atoms with Crippen LogP contribution < -0.4 is 10.6 Å². The van der Waals surface area contributed by atoms with Gasteiger partial charge in [-0.1, -0.05) is 12.1 Å². The average molecular weight is 348 g/mol. The Morgan fingerprint density at radius 1 is 1.20 bits per heavy atom. The fraction of sp³-hybridized carbons (Fsp3) is 0.333. The van der Waals surface area contributed by atoms with E-state index in [0.29, 0.717) is 0 Å². The molecule has 0 saturated heterocycles. The molecule has 1 aromatic heterocycles. The van der Waals surface area contributed by atoms with Gasteiger partial charge in [0.15, 0.2) is 0 Å². The molecule has 2 aromatic rings. The number of carbonyl (C=O) groups excluding carboxylic acids is 1. The first kappa shape index (κ1) is 18.8. The monoisotopic (exact) mass is 348 g/mol. The predicted molar refractivity (Wildman–Crippen MR) is 92.0 cm³/mol. The Morgan fingerprint density at radius 2 is 1.88 bits per heavy atom. The van der Waals surface area contributed by atoms with Crippen LogP contribution >= 0.6 is 0 Å². The molecule has 0 fully saturated rings. The number of urea groups is 1. The molecule has 0 unspecified atom stereocenters. The van der Waals surface area contributed by atoms with E-state index in [4.69, 9.17) is 0 Å². The highest BCUT2D eigenvalue weighted by Gasteiger charge is 2.23. The number of nitrogens with zero attached hydrogens (tertiary/aromatic N) is 2. The lowest BCUT2D eigenvalue weighted by molar-refractivity contribution is 0.228. The van der Waals surface area contributed by atoms with Gasteiger partial charge < -0.3 is 15.5 Å². The van der Waals surface area contributed by atoms with Crippen molar-refractivity contribution in [2.45, 2.75) is 19.0 Å². The van der Waals surface area contributed by atoms with E-state index in [1.165, 1.54) is 18.2 Å². The SMILES string of the molecule is C[C@H](NC(=O)NC[C@H](c1c(F)cccc1F)N(C)C)c1cccnc1. The highest BCUT2D eigenvalue weighted by atomic mass is 19.1. The maximum atomic E-state index is 14.0. The average Bonchev–Trinajstić information content (AvgIpc) is 2.57. The molecule has 0 radical (unpaired) electrons. The van der Waals surface area contributed by atoms with E-state index in [1.54, 1.807) is 37.5 Å². The molecule has 1 heterocycles. The number of halogens is 2. The van der Waals surface area contributed by atoms with Crippen molar-refractivity contribution in [2.75, 3.05) is 20.6 Å². The van der Waals surface area contributed by atoms with Crippen LogP contribution in [0.3, 0.4) is 0 Å². The van der Waals surface area contributed by atoms with E-state index in [1.807, 2.05) is 13.0 Å². The minimum absolute atomic E-state index is 0.0619. The fourth-order valence-electron chi connectivity index (χ4n) is 2.52. The standard InChI is InChI=1S/C18H22F2N4O/c1-12(13-6-5-9-21-10-13)23-18(25)22-11-16(24(2)3)17-14(19)7-4-8-15(17)20/h4-10,12,16H,11H2,1-3H3,(H2,22,23,25)/t12-,16+/m0/s1. The normalized spacial score (nSPS) is 13.4. The quantitative estimate of drug-likeness (QED) is 0.844. The summed E-state index contributed by atoms with van der Waals surface area (Å²) in [6, 6.07) is 6.09. The number of likely N-dealkylation sites (N-methyl/N-ethyl adjacent to an activating group) is 1. The summed E-state index contributed by atoms with van der Waals surface area (Å²) in [4.78, 5) is 17.8. The van der Waals surface area contributed by atoms with Gasteiger partial charge in [0.05, 0.1) is 12.1 Å². The Bertz CT molecular complexity index is 689. The van der Waals surface area contributed by atoms with E-state index < -0.39 is 23.7 Å². The zero-order chi connectivity index (χ0) is 18.4. The molecule has 2 atom stereocenters. The van der Waals surface area contributed by atoms with Crippen molar-refractivity contribution in [1.82, 2.24) is 20.5 Å². The molecule has 0 bridgehead atoms. The van der Waals surface area contributed by atoms with Gasteiger partial charge in [-0.05, 0) is 44.8 Å². The lowest BCUT2D eigenvalue weighted by Gasteiger charge is -2.26.